The Labute approximate surface area is 102 Å². The summed E-state index contributed by atoms with van der Waals surface area (Å²) in [6, 6.07) is 0. The Morgan fingerprint density at radius 1 is 1.24 bits per heavy atom. The molecular formula is C13H22O4. The number of rotatable bonds is 5. The van der Waals surface area contributed by atoms with Gasteiger partial charge >= 0.3 is 0 Å². The maximum absolute atomic E-state index is 9.71. The number of aliphatic hydroxyl groups excluding tert-OH is 2. The first-order chi connectivity index (χ1) is 8.23. The van der Waals surface area contributed by atoms with Gasteiger partial charge in [-0.05, 0) is 12.8 Å². The number of aliphatic hydroxyl groups is 2. The van der Waals surface area contributed by atoms with E-state index in [1.807, 2.05) is 0 Å². The summed E-state index contributed by atoms with van der Waals surface area (Å²) in [4.78, 5) is 0. The Hall–Kier alpha value is -0.420. The van der Waals surface area contributed by atoms with Crippen LogP contribution in [0.1, 0.15) is 19.3 Å². The zero-order valence-corrected chi connectivity index (χ0v) is 10.2. The number of ether oxygens (including phenoxy) is 2. The van der Waals surface area contributed by atoms with Gasteiger partial charge in [0.05, 0.1) is 39.1 Å². The van der Waals surface area contributed by atoms with Crippen LogP contribution in [0.5, 0.6) is 0 Å². The van der Waals surface area contributed by atoms with Gasteiger partial charge in [0.15, 0.2) is 0 Å². The van der Waals surface area contributed by atoms with E-state index in [4.69, 9.17) is 9.47 Å². The molecule has 2 N–H and O–H groups in total. The maximum Gasteiger partial charge on any atom is 0.0779 e. The van der Waals surface area contributed by atoms with Crippen LogP contribution in [0, 0.1) is 10.8 Å². The minimum Gasteiger partial charge on any atom is -0.396 e. The van der Waals surface area contributed by atoms with Crippen LogP contribution in [0.3, 0.4) is 0 Å². The normalized spacial score (nSPS) is 41.2. The third kappa shape index (κ3) is 2.03. The molecule has 2 aliphatic rings. The Balaban J connectivity index is 2.26. The molecular weight excluding hydrogens is 220 g/mol. The van der Waals surface area contributed by atoms with Gasteiger partial charge in [0.25, 0.3) is 0 Å². The number of fused-ring (bicyclic) bond motifs is 2. The van der Waals surface area contributed by atoms with Crippen LogP contribution in [0.15, 0.2) is 12.7 Å². The third-order valence-corrected chi connectivity index (χ3v) is 4.25. The topological polar surface area (TPSA) is 58.9 Å². The SMILES string of the molecule is C=CCOC1C2(CO)CCCC1(CO)COC2. The quantitative estimate of drug-likeness (QED) is 0.698. The van der Waals surface area contributed by atoms with Gasteiger partial charge in [-0.2, -0.15) is 0 Å². The van der Waals surface area contributed by atoms with E-state index in [1.54, 1.807) is 6.08 Å². The highest BCUT2D eigenvalue weighted by atomic mass is 16.5. The summed E-state index contributed by atoms with van der Waals surface area (Å²) in [5.74, 6) is 0. The average Bonchev–Trinajstić information content (AvgIpc) is 2.36. The largest absolute Gasteiger partial charge is 0.396 e. The standard InChI is InChI=1S/C13H22O4/c1-2-6-17-11-12(7-14)4-3-5-13(11,8-15)10-16-9-12/h2,11,14-15H,1,3-10H2. The second kappa shape index (κ2) is 5.06. The van der Waals surface area contributed by atoms with Crippen molar-refractivity contribution in [3.05, 3.63) is 12.7 Å². The van der Waals surface area contributed by atoms with Crippen LogP contribution in [-0.4, -0.2) is 49.4 Å². The van der Waals surface area contributed by atoms with Gasteiger partial charge in [-0.15, -0.1) is 6.58 Å². The summed E-state index contributed by atoms with van der Waals surface area (Å²) < 4.78 is 11.5. The number of hydrogen-bond acceptors (Lipinski definition) is 4. The Morgan fingerprint density at radius 3 is 2.29 bits per heavy atom. The molecule has 2 rings (SSSR count). The van der Waals surface area contributed by atoms with Crippen molar-refractivity contribution >= 4 is 0 Å². The van der Waals surface area contributed by atoms with E-state index < -0.39 is 0 Å². The highest BCUT2D eigenvalue weighted by Crippen LogP contribution is 2.51. The van der Waals surface area contributed by atoms with Crippen LogP contribution >= 0.6 is 0 Å². The van der Waals surface area contributed by atoms with Crippen molar-refractivity contribution in [2.24, 2.45) is 10.8 Å². The summed E-state index contributed by atoms with van der Waals surface area (Å²) in [5, 5.41) is 19.4. The van der Waals surface area contributed by atoms with Gasteiger partial charge in [0.2, 0.25) is 0 Å². The first kappa shape index (κ1) is 13.0. The predicted molar refractivity (Wildman–Crippen MR) is 63.6 cm³/mol. The molecule has 4 heteroatoms. The molecule has 0 aromatic carbocycles. The fourth-order valence-corrected chi connectivity index (χ4v) is 3.39. The fourth-order valence-electron chi connectivity index (χ4n) is 3.39. The van der Waals surface area contributed by atoms with Crippen LogP contribution in [0.25, 0.3) is 0 Å². The molecule has 0 amide bonds. The van der Waals surface area contributed by atoms with Crippen molar-refractivity contribution in [2.45, 2.75) is 25.4 Å². The predicted octanol–water partition coefficient (Wildman–Crippen LogP) is 0.729. The van der Waals surface area contributed by atoms with Crippen molar-refractivity contribution in [1.29, 1.82) is 0 Å². The highest BCUT2D eigenvalue weighted by Gasteiger charge is 2.57. The van der Waals surface area contributed by atoms with Crippen LogP contribution in [-0.2, 0) is 9.47 Å². The minimum absolute atomic E-state index is 0.0521. The molecule has 1 aliphatic carbocycles. The zero-order valence-electron chi connectivity index (χ0n) is 10.2. The number of hydrogen-bond donors (Lipinski definition) is 2. The lowest BCUT2D eigenvalue weighted by molar-refractivity contribution is -0.245. The van der Waals surface area contributed by atoms with Crippen molar-refractivity contribution in [3.63, 3.8) is 0 Å². The summed E-state index contributed by atoms with van der Waals surface area (Å²) in [5.41, 5.74) is -0.690. The highest BCUT2D eigenvalue weighted by molar-refractivity contribution is 5.05. The van der Waals surface area contributed by atoms with Crippen molar-refractivity contribution in [3.8, 4) is 0 Å². The lowest BCUT2D eigenvalue weighted by Crippen LogP contribution is -2.63. The van der Waals surface area contributed by atoms with E-state index in [-0.39, 0.29) is 30.1 Å². The summed E-state index contributed by atoms with van der Waals surface area (Å²) in [6.07, 6.45) is 4.38. The van der Waals surface area contributed by atoms with E-state index in [0.717, 1.165) is 19.3 Å². The van der Waals surface area contributed by atoms with Gasteiger partial charge in [-0.1, -0.05) is 12.5 Å². The molecule has 1 saturated heterocycles. The van der Waals surface area contributed by atoms with Gasteiger partial charge in [-0.25, -0.2) is 0 Å². The fraction of sp³-hybridized carbons (Fsp3) is 0.846. The molecule has 2 bridgehead atoms. The van der Waals surface area contributed by atoms with Crippen molar-refractivity contribution < 1.29 is 19.7 Å². The van der Waals surface area contributed by atoms with Gasteiger partial charge in [0.1, 0.15) is 0 Å². The second-order valence-corrected chi connectivity index (χ2v) is 5.39. The van der Waals surface area contributed by atoms with E-state index in [2.05, 4.69) is 6.58 Å². The molecule has 1 heterocycles. The summed E-state index contributed by atoms with van der Waals surface area (Å²) >= 11 is 0. The molecule has 4 nitrogen and oxygen atoms in total. The second-order valence-electron chi connectivity index (χ2n) is 5.39. The van der Waals surface area contributed by atoms with Gasteiger partial charge in [0, 0.05) is 10.8 Å². The first-order valence-corrected chi connectivity index (χ1v) is 6.25. The first-order valence-electron chi connectivity index (χ1n) is 6.25. The van der Waals surface area contributed by atoms with E-state index in [1.165, 1.54) is 0 Å². The van der Waals surface area contributed by atoms with E-state index in [0.29, 0.717) is 19.8 Å². The monoisotopic (exact) mass is 242 g/mol. The van der Waals surface area contributed by atoms with Gasteiger partial charge in [-0.3, -0.25) is 0 Å². The summed E-state index contributed by atoms with van der Waals surface area (Å²) in [6.45, 7) is 5.25. The molecule has 2 unspecified atom stereocenters. The molecule has 0 aromatic rings. The smallest absolute Gasteiger partial charge is 0.0779 e. The molecule has 2 fully saturated rings. The Kier molecular flexibility index (Phi) is 3.88. The van der Waals surface area contributed by atoms with Crippen LogP contribution in [0.2, 0.25) is 0 Å². The molecule has 98 valence electrons. The molecule has 0 spiro atoms. The van der Waals surface area contributed by atoms with Gasteiger partial charge < -0.3 is 19.7 Å². The lowest BCUT2D eigenvalue weighted by Gasteiger charge is -2.56. The molecule has 1 saturated carbocycles. The minimum atomic E-state index is -0.345. The average molecular weight is 242 g/mol. The van der Waals surface area contributed by atoms with Crippen LogP contribution in [0.4, 0.5) is 0 Å². The molecule has 1 aliphatic heterocycles. The van der Waals surface area contributed by atoms with E-state index in [9.17, 15) is 10.2 Å². The molecule has 0 aromatic heterocycles. The molecule has 0 radical (unpaired) electrons. The lowest BCUT2D eigenvalue weighted by atomic mass is 9.59. The third-order valence-electron chi connectivity index (χ3n) is 4.25. The zero-order chi connectivity index (χ0) is 12.4. The van der Waals surface area contributed by atoms with Crippen molar-refractivity contribution in [1.82, 2.24) is 0 Å². The van der Waals surface area contributed by atoms with E-state index >= 15 is 0 Å². The Morgan fingerprint density at radius 2 is 1.82 bits per heavy atom. The summed E-state index contributed by atoms with van der Waals surface area (Å²) in [7, 11) is 0. The molecule has 2 atom stereocenters. The van der Waals surface area contributed by atoms with Crippen LogP contribution < -0.4 is 0 Å². The Bertz CT molecular complexity index is 247. The van der Waals surface area contributed by atoms with Crippen molar-refractivity contribution in [2.75, 3.05) is 33.0 Å². The molecule has 17 heavy (non-hydrogen) atoms. The maximum atomic E-state index is 9.71.